The van der Waals surface area contributed by atoms with Crippen LogP contribution in [0.25, 0.3) is 0 Å². The topological polar surface area (TPSA) is 32.8 Å². The molecule has 0 aromatic carbocycles. The molecule has 1 aliphatic rings. The van der Waals surface area contributed by atoms with E-state index in [1.54, 1.807) is 6.92 Å². The number of ether oxygens (including phenoxy) is 1. The smallest absolute Gasteiger partial charge is 0.106 e. The summed E-state index contributed by atoms with van der Waals surface area (Å²) in [4.78, 5) is 0. The molecule has 3 atom stereocenters. The van der Waals surface area contributed by atoms with E-state index in [4.69, 9.17) is 9.84 Å². The fourth-order valence-corrected chi connectivity index (χ4v) is 3.02. The van der Waals surface area contributed by atoms with Gasteiger partial charge < -0.3 is 9.84 Å². The molecule has 10 heavy (non-hydrogen) atoms. The van der Waals surface area contributed by atoms with Gasteiger partial charge in [-0.05, 0) is 6.92 Å². The van der Waals surface area contributed by atoms with Gasteiger partial charge in [-0.3, -0.25) is 0 Å². The lowest BCUT2D eigenvalue weighted by molar-refractivity contribution is 0.153. The molecule has 1 rings (SSSR count). The van der Waals surface area contributed by atoms with E-state index in [2.05, 4.69) is 19.6 Å². The molecule has 1 saturated heterocycles. The Labute approximate surface area is 63.2 Å². The number of hydrogen-bond donors (Lipinski definition) is 1. The Kier molecular flexibility index (Phi) is 1.91. The molecule has 3 heteroatoms. The zero-order chi connectivity index (χ0) is 7.94. The average Bonchev–Trinajstić information content (AvgIpc) is 2.35. The second-order valence-electron chi connectivity index (χ2n) is 4.13. The van der Waals surface area contributed by atoms with Crippen molar-refractivity contribution >= 4 is 8.07 Å². The lowest BCUT2D eigenvalue weighted by atomic mass is 10.3. The molecule has 1 heterocycles. The monoisotopic (exact) mass is 160 g/mol. The van der Waals surface area contributed by atoms with Gasteiger partial charge in [0.1, 0.15) is 6.10 Å². The van der Waals surface area contributed by atoms with Crippen molar-refractivity contribution in [1.29, 1.82) is 0 Å². The summed E-state index contributed by atoms with van der Waals surface area (Å²) >= 11 is 0. The van der Waals surface area contributed by atoms with Crippen LogP contribution in [0, 0.1) is 0 Å². The first-order valence-corrected chi connectivity index (χ1v) is 7.34. The third-order valence-corrected chi connectivity index (χ3v) is 4.03. The Hall–Kier alpha value is 0.137. The van der Waals surface area contributed by atoms with E-state index in [1.807, 2.05) is 0 Å². The van der Waals surface area contributed by atoms with Gasteiger partial charge in [0.15, 0.2) is 0 Å². The van der Waals surface area contributed by atoms with Crippen LogP contribution in [0.15, 0.2) is 0 Å². The largest absolute Gasteiger partial charge is 0.391 e. The van der Waals surface area contributed by atoms with Gasteiger partial charge in [-0.2, -0.15) is 0 Å². The van der Waals surface area contributed by atoms with E-state index in [0.29, 0.717) is 5.73 Å². The van der Waals surface area contributed by atoms with Crippen LogP contribution >= 0.6 is 0 Å². The molecule has 0 amide bonds. The molecule has 0 radical (unpaired) electrons. The summed E-state index contributed by atoms with van der Waals surface area (Å²) in [5, 5.41) is 9.12. The molecule has 0 unspecified atom stereocenters. The van der Waals surface area contributed by atoms with Gasteiger partial charge in [0.2, 0.25) is 0 Å². The molecule has 0 aromatic heterocycles. The highest BCUT2D eigenvalue weighted by Crippen LogP contribution is 2.33. The Balaban J connectivity index is 2.39. The summed E-state index contributed by atoms with van der Waals surface area (Å²) in [6, 6.07) is 0. The number of hydrogen-bond acceptors (Lipinski definition) is 2. The fourth-order valence-electron chi connectivity index (χ4n) is 1.19. The van der Waals surface area contributed by atoms with Crippen LogP contribution in [-0.2, 0) is 4.74 Å². The summed E-state index contributed by atoms with van der Waals surface area (Å²) < 4.78 is 5.35. The Morgan fingerprint density at radius 3 is 2.00 bits per heavy atom. The van der Waals surface area contributed by atoms with Crippen LogP contribution in [0.1, 0.15) is 6.92 Å². The Bertz CT molecular complexity index is 128. The lowest BCUT2D eigenvalue weighted by Gasteiger charge is -2.11. The van der Waals surface area contributed by atoms with Crippen LogP contribution in [0.5, 0.6) is 0 Å². The molecule has 0 aliphatic carbocycles. The minimum atomic E-state index is -1.13. The normalized spacial score (nSPS) is 35.7. The maximum atomic E-state index is 9.12. The molecule has 1 N–H and O–H groups in total. The highest BCUT2D eigenvalue weighted by atomic mass is 28.3. The third kappa shape index (κ3) is 1.59. The quantitative estimate of drug-likeness (QED) is 0.483. The molecule has 60 valence electrons. The van der Waals surface area contributed by atoms with Crippen molar-refractivity contribution in [2.24, 2.45) is 0 Å². The highest BCUT2D eigenvalue weighted by Gasteiger charge is 2.50. The maximum absolute atomic E-state index is 9.12. The molecule has 0 spiro atoms. The van der Waals surface area contributed by atoms with Gasteiger partial charge in [-0.15, -0.1) is 0 Å². The Morgan fingerprint density at radius 2 is 1.90 bits per heavy atom. The first-order chi connectivity index (χ1) is 4.43. The van der Waals surface area contributed by atoms with Crippen molar-refractivity contribution in [1.82, 2.24) is 0 Å². The molecule has 0 bridgehead atoms. The van der Waals surface area contributed by atoms with Gasteiger partial charge in [0, 0.05) is 0 Å². The summed E-state index contributed by atoms with van der Waals surface area (Å²) in [5.41, 5.74) is 0.396. The number of aliphatic hydroxyl groups excluding tert-OH is 1. The van der Waals surface area contributed by atoms with Crippen LogP contribution < -0.4 is 0 Å². The van der Waals surface area contributed by atoms with E-state index in [1.165, 1.54) is 0 Å². The molecule has 2 nitrogen and oxygen atoms in total. The van der Waals surface area contributed by atoms with Crippen molar-refractivity contribution in [3.05, 3.63) is 0 Å². The van der Waals surface area contributed by atoms with Gasteiger partial charge in [-0.1, -0.05) is 19.6 Å². The zero-order valence-electron chi connectivity index (χ0n) is 7.09. The van der Waals surface area contributed by atoms with Crippen molar-refractivity contribution in [2.45, 2.75) is 44.5 Å². The lowest BCUT2D eigenvalue weighted by Crippen LogP contribution is -2.32. The van der Waals surface area contributed by atoms with Gasteiger partial charge >= 0.3 is 0 Å². The standard InChI is InChI=1S/C7H16O2Si/c1-5(8)6-7(9-6)10(2,3)4/h5-8H,1-4H3/t5-,6-,7+/m0/s1. The minimum Gasteiger partial charge on any atom is -0.391 e. The SMILES string of the molecule is C[C@H](O)[C@@H]1O[C@@H]1[Si](C)(C)C. The summed E-state index contributed by atoms with van der Waals surface area (Å²) in [6.07, 6.45) is -0.136. The summed E-state index contributed by atoms with van der Waals surface area (Å²) in [7, 11) is -1.13. The number of rotatable bonds is 2. The van der Waals surface area contributed by atoms with Crippen LogP contribution in [0.4, 0.5) is 0 Å². The molecule has 1 aliphatic heterocycles. The van der Waals surface area contributed by atoms with E-state index in [-0.39, 0.29) is 12.2 Å². The molecule has 1 fully saturated rings. The summed E-state index contributed by atoms with van der Waals surface area (Å²) in [6.45, 7) is 8.59. The number of aliphatic hydroxyl groups is 1. The van der Waals surface area contributed by atoms with E-state index in [0.717, 1.165) is 0 Å². The zero-order valence-corrected chi connectivity index (χ0v) is 8.09. The predicted molar refractivity (Wildman–Crippen MR) is 43.7 cm³/mol. The van der Waals surface area contributed by atoms with Crippen LogP contribution in [0.2, 0.25) is 19.6 Å². The van der Waals surface area contributed by atoms with Crippen molar-refractivity contribution in [3.8, 4) is 0 Å². The Morgan fingerprint density at radius 1 is 1.40 bits per heavy atom. The van der Waals surface area contributed by atoms with E-state index >= 15 is 0 Å². The van der Waals surface area contributed by atoms with E-state index < -0.39 is 8.07 Å². The molecular formula is C7H16O2Si. The highest BCUT2D eigenvalue weighted by molar-refractivity contribution is 6.78. The summed E-state index contributed by atoms with van der Waals surface area (Å²) in [5.74, 6) is 0. The maximum Gasteiger partial charge on any atom is 0.106 e. The van der Waals surface area contributed by atoms with Gasteiger partial charge in [0.25, 0.3) is 0 Å². The molecular weight excluding hydrogens is 144 g/mol. The third-order valence-electron chi connectivity index (χ3n) is 1.85. The second-order valence-corrected chi connectivity index (χ2v) is 9.43. The minimum absolute atomic E-state index is 0.145. The van der Waals surface area contributed by atoms with E-state index in [9.17, 15) is 0 Å². The second kappa shape index (κ2) is 2.32. The van der Waals surface area contributed by atoms with Crippen LogP contribution in [0.3, 0.4) is 0 Å². The van der Waals surface area contributed by atoms with Crippen LogP contribution in [-0.4, -0.2) is 31.1 Å². The first kappa shape index (κ1) is 8.24. The number of epoxide rings is 1. The predicted octanol–water partition coefficient (Wildman–Crippen LogP) is 1.01. The average molecular weight is 160 g/mol. The first-order valence-electron chi connectivity index (χ1n) is 3.76. The fraction of sp³-hybridized carbons (Fsp3) is 1.00. The van der Waals surface area contributed by atoms with Crippen molar-refractivity contribution in [2.75, 3.05) is 0 Å². The molecule has 0 aromatic rings. The molecule has 0 saturated carbocycles. The van der Waals surface area contributed by atoms with Gasteiger partial charge in [-0.25, -0.2) is 0 Å². The van der Waals surface area contributed by atoms with Gasteiger partial charge in [0.05, 0.1) is 19.9 Å². The van der Waals surface area contributed by atoms with Crippen molar-refractivity contribution in [3.63, 3.8) is 0 Å². The van der Waals surface area contributed by atoms with Crippen molar-refractivity contribution < 1.29 is 9.84 Å².